The molecule has 13 heavy (non-hydrogen) atoms. The molecule has 0 bridgehead atoms. The quantitative estimate of drug-likeness (QED) is 0.288. The molecule has 0 nitrogen and oxygen atoms in total. The topological polar surface area (TPSA) is 0 Å². The largest absolute Gasteiger partial charge is 0 e. The summed E-state index contributed by atoms with van der Waals surface area (Å²) >= 11 is 0.816. The smallest absolute Gasteiger partial charge is 0 e. The first-order valence-corrected chi connectivity index (χ1v) is 3.74. The van der Waals surface area contributed by atoms with Crippen LogP contribution in [-0.4, -0.2) is 34.1 Å². The third-order valence-electron chi connectivity index (χ3n) is 1.21. The van der Waals surface area contributed by atoms with Crippen LogP contribution in [0.25, 0.3) is 0 Å². The molecule has 1 rings (SSSR count). The van der Waals surface area contributed by atoms with Gasteiger partial charge in [0.15, 0.2) is 0 Å². The Balaban J connectivity index is 0.00000144. The maximum absolute atomic E-state index is 12.4. The molecule has 0 amide bonds. The number of rotatable bonds is 0. The Hall–Kier alpha value is -0.0443. The second-order valence-corrected chi connectivity index (χ2v) is 2.99. The average molecular weight is 312 g/mol. The van der Waals surface area contributed by atoms with Gasteiger partial charge in [-0.05, 0) is 0 Å². The van der Waals surface area contributed by atoms with Crippen LogP contribution >= 0.6 is 0 Å². The molecule has 0 aliphatic heterocycles. The van der Waals surface area contributed by atoms with Crippen molar-refractivity contribution in [1.29, 1.82) is 0 Å². The zero-order valence-corrected chi connectivity index (χ0v) is 10.1. The molecular weight excluding hydrogens is 312 g/mol. The molecule has 0 unspecified atom stereocenters. The third-order valence-corrected chi connectivity index (χ3v) is 2.13. The monoisotopic (exact) mass is 315 g/mol. The van der Waals surface area contributed by atoms with Crippen LogP contribution in [0.2, 0.25) is 0 Å². The summed E-state index contributed by atoms with van der Waals surface area (Å²) in [6.45, 7) is 0. The third kappa shape index (κ3) is 2.06. The maximum Gasteiger partial charge on any atom is 0 e. The fourth-order valence-corrected chi connectivity index (χ4v) is 1.07. The van der Waals surface area contributed by atoms with E-state index < -0.39 is 33.5 Å². The first-order chi connectivity index (χ1) is 5.46. The van der Waals surface area contributed by atoms with E-state index in [1.54, 1.807) is 0 Å². The molecule has 0 aliphatic carbocycles. The van der Waals surface area contributed by atoms with E-state index in [1.165, 1.54) is 0 Å². The van der Waals surface area contributed by atoms with Crippen LogP contribution < -0.4 is 4.40 Å². The SMILES string of the molecule is Fc1c(F)c(F)[c]([Ge])c(F)c1F.[Ge]. The molecule has 0 fully saturated rings. The van der Waals surface area contributed by atoms with E-state index in [0.29, 0.717) is 0 Å². The molecule has 1 aromatic rings. The second-order valence-electron chi connectivity index (χ2n) is 1.94. The van der Waals surface area contributed by atoms with Crippen molar-refractivity contribution in [1.82, 2.24) is 0 Å². The molecule has 0 N–H and O–H groups in total. The van der Waals surface area contributed by atoms with Gasteiger partial charge in [-0.1, -0.05) is 0 Å². The molecule has 7 heteroatoms. The van der Waals surface area contributed by atoms with Gasteiger partial charge in [-0.3, -0.25) is 0 Å². The van der Waals surface area contributed by atoms with Crippen LogP contribution in [0.1, 0.15) is 0 Å². The van der Waals surface area contributed by atoms with Crippen molar-refractivity contribution >= 4 is 38.5 Å². The molecule has 0 aromatic heterocycles. The van der Waals surface area contributed by atoms with Crippen molar-refractivity contribution in [3.8, 4) is 0 Å². The van der Waals surface area contributed by atoms with Crippen LogP contribution in [-0.2, 0) is 0 Å². The molecule has 0 saturated carbocycles. The van der Waals surface area contributed by atoms with Crippen molar-refractivity contribution < 1.29 is 22.0 Å². The first-order valence-electron chi connectivity index (χ1n) is 2.69. The Morgan fingerprint density at radius 3 is 1.15 bits per heavy atom. The molecule has 67 valence electrons. The van der Waals surface area contributed by atoms with Gasteiger partial charge in [0, 0.05) is 17.6 Å². The van der Waals surface area contributed by atoms with Gasteiger partial charge in [-0.15, -0.1) is 0 Å². The summed E-state index contributed by atoms with van der Waals surface area (Å²) in [5.41, 5.74) is 0. The molecule has 0 atom stereocenters. The Morgan fingerprint density at radius 1 is 0.615 bits per heavy atom. The normalized spacial score (nSPS) is 9.69. The standard InChI is InChI=1S/C6F5Ge.Ge/c7-1-2(8)4(10)6(12)5(11)3(1)9;. The maximum atomic E-state index is 12.4. The number of halogens is 5. The van der Waals surface area contributed by atoms with Crippen molar-refractivity contribution in [2.75, 3.05) is 0 Å². The summed E-state index contributed by atoms with van der Waals surface area (Å²) in [7, 11) is 0. The number of hydrogen-bond donors (Lipinski definition) is 0. The molecule has 0 heterocycles. The van der Waals surface area contributed by atoms with Gasteiger partial charge in [0.05, 0.1) is 0 Å². The van der Waals surface area contributed by atoms with Gasteiger partial charge in [0.2, 0.25) is 0 Å². The Bertz CT molecular complexity index is 233. The molecule has 0 saturated heterocycles. The van der Waals surface area contributed by atoms with Crippen LogP contribution in [0, 0.1) is 29.1 Å². The van der Waals surface area contributed by atoms with Crippen molar-refractivity contribution in [2.24, 2.45) is 0 Å². The van der Waals surface area contributed by atoms with E-state index >= 15 is 0 Å². The van der Waals surface area contributed by atoms with Gasteiger partial charge in [0.25, 0.3) is 0 Å². The van der Waals surface area contributed by atoms with Gasteiger partial charge < -0.3 is 0 Å². The minimum Gasteiger partial charge on any atom is 0 e. The van der Waals surface area contributed by atoms with E-state index in [4.69, 9.17) is 0 Å². The van der Waals surface area contributed by atoms with Crippen LogP contribution in [0.3, 0.4) is 0 Å². The molecule has 0 spiro atoms. The fourth-order valence-electron chi connectivity index (χ4n) is 0.605. The van der Waals surface area contributed by atoms with Gasteiger partial charge >= 0.3 is 71.9 Å². The minimum atomic E-state index is -2.13. The molecule has 7 radical (unpaired) electrons. The summed E-state index contributed by atoms with van der Waals surface area (Å²) in [4.78, 5) is 0. The zero-order chi connectivity index (χ0) is 9.46. The predicted molar refractivity (Wildman–Crippen MR) is 37.4 cm³/mol. The average Bonchev–Trinajstić information content (AvgIpc) is 2.08. The summed E-state index contributed by atoms with van der Waals surface area (Å²) in [6, 6.07) is 0. The Kier molecular flexibility index (Phi) is 4.44. The number of hydrogen-bond acceptors (Lipinski definition) is 0. The van der Waals surface area contributed by atoms with Gasteiger partial charge in [-0.25, -0.2) is 0 Å². The van der Waals surface area contributed by atoms with Crippen molar-refractivity contribution in [2.45, 2.75) is 0 Å². The van der Waals surface area contributed by atoms with E-state index in [2.05, 4.69) is 0 Å². The first kappa shape index (κ1) is 13.0. The fraction of sp³-hybridized carbons (Fsp3) is 0. The summed E-state index contributed by atoms with van der Waals surface area (Å²) < 4.78 is 60.7. The molecular formula is C6F5Ge2. The summed E-state index contributed by atoms with van der Waals surface area (Å²) in [5, 5.41) is 0. The Labute approximate surface area is 89.7 Å². The van der Waals surface area contributed by atoms with E-state index in [0.717, 1.165) is 16.5 Å². The molecule has 0 aliphatic rings. The Morgan fingerprint density at radius 2 is 0.846 bits per heavy atom. The second kappa shape index (κ2) is 4.45. The summed E-state index contributed by atoms with van der Waals surface area (Å²) in [5.74, 6) is -9.52. The summed E-state index contributed by atoms with van der Waals surface area (Å²) in [6.07, 6.45) is 0. The van der Waals surface area contributed by atoms with E-state index in [9.17, 15) is 22.0 Å². The number of benzene rings is 1. The van der Waals surface area contributed by atoms with Crippen LogP contribution in [0.4, 0.5) is 22.0 Å². The van der Waals surface area contributed by atoms with Crippen molar-refractivity contribution in [3.63, 3.8) is 0 Å². The van der Waals surface area contributed by atoms with Crippen LogP contribution in [0.5, 0.6) is 0 Å². The van der Waals surface area contributed by atoms with Gasteiger partial charge in [-0.2, -0.15) is 0 Å². The minimum absolute atomic E-state index is 0. The molecule has 1 aromatic carbocycles. The van der Waals surface area contributed by atoms with Crippen molar-refractivity contribution in [3.05, 3.63) is 29.1 Å². The zero-order valence-electron chi connectivity index (χ0n) is 5.89. The predicted octanol–water partition coefficient (Wildman–Crippen LogP) is 0.795. The van der Waals surface area contributed by atoms with Crippen LogP contribution in [0.15, 0.2) is 0 Å². The van der Waals surface area contributed by atoms with Gasteiger partial charge in [0.1, 0.15) is 0 Å². The van der Waals surface area contributed by atoms with E-state index in [1.807, 2.05) is 0 Å². The van der Waals surface area contributed by atoms with E-state index in [-0.39, 0.29) is 17.6 Å².